The molecule has 2 heterocycles. The van der Waals surface area contributed by atoms with E-state index in [1.807, 2.05) is 11.5 Å². The number of likely N-dealkylation sites (tertiary alicyclic amines) is 1. The molecule has 0 N–H and O–H groups in total. The Balaban J connectivity index is 2.00. The first-order valence-corrected chi connectivity index (χ1v) is 8.87. The van der Waals surface area contributed by atoms with Crippen molar-refractivity contribution in [2.24, 2.45) is 4.99 Å². The summed E-state index contributed by atoms with van der Waals surface area (Å²) >= 11 is 13.5. The largest absolute Gasteiger partial charge is 0.315 e. The Hall–Kier alpha value is -1.70. The Labute approximate surface area is 151 Å². The van der Waals surface area contributed by atoms with Gasteiger partial charge in [-0.1, -0.05) is 34.5 Å². The van der Waals surface area contributed by atoms with E-state index in [2.05, 4.69) is 4.99 Å². The van der Waals surface area contributed by atoms with Gasteiger partial charge in [0.2, 0.25) is 11.8 Å². The number of halogens is 2. The van der Waals surface area contributed by atoms with E-state index in [0.717, 1.165) is 15.1 Å². The number of carbonyl (C=O) groups is 3. The highest BCUT2D eigenvalue weighted by atomic mass is 35.5. The van der Waals surface area contributed by atoms with Crippen LogP contribution in [0.3, 0.4) is 0 Å². The molecule has 1 fully saturated rings. The van der Waals surface area contributed by atoms with Crippen molar-refractivity contribution in [2.75, 3.05) is 6.54 Å². The highest BCUT2D eigenvalue weighted by Gasteiger charge is 2.30. The summed E-state index contributed by atoms with van der Waals surface area (Å²) in [4.78, 5) is 40.8. The van der Waals surface area contributed by atoms with E-state index in [4.69, 9.17) is 23.2 Å². The number of rotatable bonds is 3. The molecule has 0 saturated carbocycles. The van der Waals surface area contributed by atoms with Gasteiger partial charge in [-0.25, -0.2) is 0 Å². The minimum absolute atomic E-state index is 0.151. The number of fused-ring (bicyclic) bond motifs is 1. The van der Waals surface area contributed by atoms with E-state index in [1.165, 1.54) is 11.3 Å². The predicted molar refractivity (Wildman–Crippen MR) is 92.0 cm³/mol. The van der Waals surface area contributed by atoms with Gasteiger partial charge >= 0.3 is 0 Å². The van der Waals surface area contributed by atoms with Crippen LogP contribution in [0.2, 0.25) is 10.0 Å². The van der Waals surface area contributed by atoms with Crippen LogP contribution in [0.1, 0.15) is 19.8 Å². The zero-order chi connectivity index (χ0) is 17.4. The van der Waals surface area contributed by atoms with Gasteiger partial charge in [-0.05, 0) is 19.1 Å². The van der Waals surface area contributed by atoms with Crippen LogP contribution in [0.4, 0.5) is 0 Å². The molecule has 1 saturated heterocycles. The molecule has 1 aromatic heterocycles. The summed E-state index contributed by atoms with van der Waals surface area (Å²) in [6.45, 7) is 2.15. The highest BCUT2D eigenvalue weighted by molar-refractivity contribution is 7.16. The summed E-state index contributed by atoms with van der Waals surface area (Å²) in [7, 11) is 0. The van der Waals surface area contributed by atoms with Gasteiger partial charge in [0.05, 0.1) is 15.2 Å². The highest BCUT2D eigenvalue weighted by Crippen LogP contribution is 2.29. The molecule has 2 aromatic rings. The smallest absolute Gasteiger partial charge is 0.268 e. The Morgan fingerprint density at radius 1 is 1.25 bits per heavy atom. The molecule has 0 radical (unpaired) electrons. The molecule has 126 valence electrons. The van der Waals surface area contributed by atoms with Gasteiger partial charge in [0.25, 0.3) is 5.91 Å². The number of carbonyl (C=O) groups excluding carboxylic acids is 3. The zero-order valence-corrected chi connectivity index (χ0v) is 15.0. The average molecular weight is 386 g/mol. The fourth-order valence-electron chi connectivity index (χ4n) is 2.58. The van der Waals surface area contributed by atoms with Crippen LogP contribution in [0, 0.1) is 0 Å². The maximum atomic E-state index is 12.2. The van der Waals surface area contributed by atoms with Crippen molar-refractivity contribution in [3.63, 3.8) is 0 Å². The number of hydrogen-bond donors (Lipinski definition) is 0. The van der Waals surface area contributed by atoms with Gasteiger partial charge < -0.3 is 4.57 Å². The molecular formula is C15H13Cl2N3O3S. The molecule has 3 amide bonds. The van der Waals surface area contributed by atoms with Crippen molar-refractivity contribution in [1.82, 2.24) is 9.47 Å². The molecule has 0 aliphatic carbocycles. The average Bonchev–Trinajstić information content (AvgIpc) is 3.01. The molecule has 0 unspecified atom stereocenters. The van der Waals surface area contributed by atoms with Gasteiger partial charge in [-0.3, -0.25) is 19.3 Å². The van der Waals surface area contributed by atoms with E-state index in [0.29, 0.717) is 21.4 Å². The maximum absolute atomic E-state index is 12.2. The first kappa shape index (κ1) is 17.1. The standard InChI is InChI=1S/C15H13Cl2N3O3S/c1-2-19-14-9(17)5-8(16)6-10(14)24-15(19)18-11(21)7-20-12(22)3-4-13(20)23/h5-6H,2-4,7H2,1H3. The van der Waals surface area contributed by atoms with E-state index in [9.17, 15) is 14.4 Å². The fourth-order valence-corrected chi connectivity index (χ4v) is 4.48. The third-order valence-electron chi connectivity index (χ3n) is 3.68. The van der Waals surface area contributed by atoms with Crippen LogP contribution in [0.25, 0.3) is 10.2 Å². The monoisotopic (exact) mass is 385 g/mol. The topological polar surface area (TPSA) is 71.7 Å². The summed E-state index contributed by atoms with van der Waals surface area (Å²) < 4.78 is 2.62. The van der Waals surface area contributed by atoms with Crippen LogP contribution in [-0.2, 0) is 20.9 Å². The quantitative estimate of drug-likeness (QED) is 0.762. The lowest BCUT2D eigenvalue weighted by Gasteiger charge is -2.10. The van der Waals surface area contributed by atoms with E-state index < -0.39 is 5.91 Å². The molecule has 1 aliphatic heterocycles. The third kappa shape index (κ3) is 3.11. The lowest BCUT2D eigenvalue weighted by Crippen LogP contribution is -2.34. The number of aryl methyl sites for hydroxylation is 1. The second-order valence-corrected chi connectivity index (χ2v) is 7.10. The van der Waals surface area contributed by atoms with Crippen molar-refractivity contribution in [2.45, 2.75) is 26.3 Å². The first-order valence-electron chi connectivity index (χ1n) is 7.30. The number of nitrogens with zero attached hydrogens (tertiary/aromatic N) is 3. The minimum Gasteiger partial charge on any atom is -0.315 e. The normalized spacial score (nSPS) is 15.8. The number of imide groups is 1. The molecular weight excluding hydrogens is 373 g/mol. The molecule has 3 rings (SSSR count). The Morgan fingerprint density at radius 2 is 1.92 bits per heavy atom. The zero-order valence-electron chi connectivity index (χ0n) is 12.7. The number of thiazole rings is 1. The van der Waals surface area contributed by atoms with Crippen LogP contribution >= 0.6 is 34.5 Å². The first-order chi connectivity index (χ1) is 11.4. The summed E-state index contributed by atoms with van der Waals surface area (Å²) in [5, 5.41) is 0.984. The number of aromatic nitrogens is 1. The molecule has 9 heteroatoms. The van der Waals surface area contributed by atoms with E-state index in [-0.39, 0.29) is 31.2 Å². The Bertz CT molecular complexity index is 916. The van der Waals surface area contributed by atoms with Gasteiger partial charge in [0.15, 0.2) is 4.80 Å². The van der Waals surface area contributed by atoms with Crippen LogP contribution in [-0.4, -0.2) is 33.7 Å². The number of benzene rings is 1. The fraction of sp³-hybridized carbons (Fsp3) is 0.333. The van der Waals surface area contributed by atoms with Crippen molar-refractivity contribution < 1.29 is 14.4 Å². The lowest BCUT2D eigenvalue weighted by atomic mass is 10.3. The maximum Gasteiger partial charge on any atom is 0.268 e. The molecule has 0 spiro atoms. The van der Waals surface area contributed by atoms with Crippen molar-refractivity contribution in [3.05, 3.63) is 27.0 Å². The van der Waals surface area contributed by atoms with Gasteiger partial charge in [0.1, 0.15) is 6.54 Å². The van der Waals surface area contributed by atoms with E-state index >= 15 is 0 Å². The third-order valence-corrected chi connectivity index (χ3v) is 5.21. The summed E-state index contributed by atoms with van der Waals surface area (Å²) in [6.07, 6.45) is 0.302. The van der Waals surface area contributed by atoms with Gasteiger partial charge in [0, 0.05) is 24.4 Å². The Kier molecular flexibility index (Phi) is 4.76. The molecule has 1 aliphatic rings. The molecule has 24 heavy (non-hydrogen) atoms. The van der Waals surface area contributed by atoms with Gasteiger partial charge in [-0.2, -0.15) is 4.99 Å². The van der Waals surface area contributed by atoms with Gasteiger partial charge in [-0.15, -0.1) is 0 Å². The molecule has 0 atom stereocenters. The lowest BCUT2D eigenvalue weighted by molar-refractivity contribution is -0.141. The van der Waals surface area contributed by atoms with Crippen LogP contribution < -0.4 is 4.80 Å². The summed E-state index contributed by atoms with van der Waals surface area (Å²) in [5.74, 6) is -1.22. The molecule has 0 bridgehead atoms. The van der Waals surface area contributed by atoms with Crippen molar-refractivity contribution >= 4 is 62.5 Å². The minimum atomic E-state index is -0.547. The van der Waals surface area contributed by atoms with Crippen LogP contribution in [0.5, 0.6) is 0 Å². The number of hydrogen-bond acceptors (Lipinski definition) is 4. The van der Waals surface area contributed by atoms with Crippen LogP contribution in [0.15, 0.2) is 17.1 Å². The summed E-state index contributed by atoms with van der Waals surface area (Å²) in [6, 6.07) is 3.40. The summed E-state index contributed by atoms with van der Waals surface area (Å²) in [5.41, 5.74) is 0.758. The van der Waals surface area contributed by atoms with Crippen molar-refractivity contribution in [1.29, 1.82) is 0 Å². The van der Waals surface area contributed by atoms with E-state index in [1.54, 1.807) is 12.1 Å². The van der Waals surface area contributed by atoms with Crippen molar-refractivity contribution in [3.8, 4) is 0 Å². The molecule has 1 aromatic carbocycles. The second-order valence-electron chi connectivity index (χ2n) is 5.24. The number of amides is 3. The second kappa shape index (κ2) is 6.66. The molecule has 6 nitrogen and oxygen atoms in total. The predicted octanol–water partition coefficient (Wildman–Crippen LogP) is 2.61. The Morgan fingerprint density at radius 3 is 2.54 bits per heavy atom. The SMILES string of the molecule is CCn1c(=NC(=O)CN2C(=O)CCC2=O)sc2cc(Cl)cc(Cl)c21.